The van der Waals surface area contributed by atoms with E-state index < -0.39 is 0 Å². The van der Waals surface area contributed by atoms with Gasteiger partial charge in [-0.2, -0.15) is 0 Å². The highest BCUT2D eigenvalue weighted by Gasteiger charge is 2.35. The van der Waals surface area contributed by atoms with Crippen LogP contribution in [-0.2, 0) is 6.42 Å². The SMILES string of the molecule is OC1(Cc2sccc2Br)CCC1. The molecule has 1 aromatic rings. The van der Waals surface area contributed by atoms with Crippen LogP contribution in [-0.4, -0.2) is 10.7 Å². The van der Waals surface area contributed by atoms with Crippen LogP contribution in [0.5, 0.6) is 0 Å². The maximum absolute atomic E-state index is 9.89. The molecule has 0 aliphatic heterocycles. The van der Waals surface area contributed by atoms with Crippen molar-refractivity contribution in [3.63, 3.8) is 0 Å². The highest BCUT2D eigenvalue weighted by Crippen LogP contribution is 2.37. The Morgan fingerprint density at radius 2 is 2.33 bits per heavy atom. The van der Waals surface area contributed by atoms with E-state index >= 15 is 0 Å². The van der Waals surface area contributed by atoms with Gasteiger partial charge >= 0.3 is 0 Å². The molecule has 66 valence electrons. The molecule has 0 unspecified atom stereocenters. The van der Waals surface area contributed by atoms with E-state index in [-0.39, 0.29) is 5.60 Å². The Morgan fingerprint density at radius 3 is 2.75 bits per heavy atom. The van der Waals surface area contributed by atoms with Gasteiger partial charge < -0.3 is 5.11 Å². The third-order valence-electron chi connectivity index (χ3n) is 2.46. The third-order valence-corrected chi connectivity index (χ3v) is 4.39. The number of hydrogen-bond donors (Lipinski definition) is 1. The molecule has 1 saturated carbocycles. The largest absolute Gasteiger partial charge is 0.390 e. The summed E-state index contributed by atoms with van der Waals surface area (Å²) < 4.78 is 1.15. The fourth-order valence-corrected chi connectivity index (χ4v) is 3.14. The quantitative estimate of drug-likeness (QED) is 0.851. The van der Waals surface area contributed by atoms with Crippen molar-refractivity contribution in [1.82, 2.24) is 0 Å². The summed E-state index contributed by atoms with van der Waals surface area (Å²) in [5, 5.41) is 11.9. The Hall–Kier alpha value is 0.140. The lowest BCUT2D eigenvalue weighted by atomic mass is 9.77. The van der Waals surface area contributed by atoms with Gasteiger partial charge in [-0.25, -0.2) is 0 Å². The van der Waals surface area contributed by atoms with Gasteiger partial charge in [-0.15, -0.1) is 11.3 Å². The van der Waals surface area contributed by atoms with Crippen molar-refractivity contribution < 1.29 is 5.11 Å². The minimum atomic E-state index is -0.382. The highest BCUT2D eigenvalue weighted by molar-refractivity contribution is 9.10. The molecule has 3 heteroatoms. The molecule has 1 aliphatic carbocycles. The smallest absolute Gasteiger partial charge is 0.0696 e. The fraction of sp³-hybridized carbons (Fsp3) is 0.556. The lowest BCUT2D eigenvalue weighted by Gasteiger charge is -2.36. The number of aliphatic hydroxyl groups is 1. The van der Waals surface area contributed by atoms with Crippen molar-refractivity contribution in [2.24, 2.45) is 0 Å². The molecule has 0 bridgehead atoms. The van der Waals surface area contributed by atoms with Gasteiger partial charge in [0.05, 0.1) is 5.60 Å². The molecule has 0 spiro atoms. The van der Waals surface area contributed by atoms with Crippen LogP contribution in [0, 0.1) is 0 Å². The van der Waals surface area contributed by atoms with Crippen LogP contribution in [0.25, 0.3) is 0 Å². The predicted molar refractivity (Wildman–Crippen MR) is 54.5 cm³/mol. The third kappa shape index (κ3) is 1.58. The molecule has 0 saturated heterocycles. The van der Waals surface area contributed by atoms with Crippen molar-refractivity contribution in [3.8, 4) is 0 Å². The predicted octanol–water partition coefficient (Wildman–Crippen LogP) is 2.97. The Bertz CT molecular complexity index is 278. The van der Waals surface area contributed by atoms with Gasteiger partial charge in [0.2, 0.25) is 0 Å². The van der Waals surface area contributed by atoms with Gasteiger partial charge in [-0.05, 0) is 46.6 Å². The van der Waals surface area contributed by atoms with Crippen molar-refractivity contribution >= 4 is 27.3 Å². The number of halogens is 1. The van der Waals surface area contributed by atoms with Crippen LogP contribution in [0.4, 0.5) is 0 Å². The van der Waals surface area contributed by atoms with E-state index in [0.717, 1.165) is 23.7 Å². The zero-order valence-corrected chi connectivity index (χ0v) is 9.12. The average Bonchev–Trinajstić information content (AvgIpc) is 2.34. The monoisotopic (exact) mass is 246 g/mol. The standard InChI is InChI=1S/C9H11BrOS/c10-7-2-5-12-8(7)6-9(11)3-1-4-9/h2,5,11H,1,3-4,6H2. The number of thiophene rings is 1. The number of hydrogen-bond acceptors (Lipinski definition) is 2. The van der Waals surface area contributed by atoms with Crippen LogP contribution in [0.15, 0.2) is 15.9 Å². The summed E-state index contributed by atoms with van der Waals surface area (Å²) in [5.74, 6) is 0. The van der Waals surface area contributed by atoms with Gasteiger partial charge in [0, 0.05) is 15.8 Å². The summed E-state index contributed by atoms with van der Waals surface area (Å²) in [6, 6.07) is 2.04. The molecule has 1 fully saturated rings. The maximum Gasteiger partial charge on any atom is 0.0696 e. The first-order valence-electron chi connectivity index (χ1n) is 4.14. The van der Waals surface area contributed by atoms with Crippen LogP contribution in [0.3, 0.4) is 0 Å². The summed E-state index contributed by atoms with van der Waals surface area (Å²) in [4.78, 5) is 1.28. The Kier molecular flexibility index (Phi) is 2.27. The van der Waals surface area contributed by atoms with Crippen LogP contribution >= 0.6 is 27.3 Å². The van der Waals surface area contributed by atoms with Crippen molar-refractivity contribution in [2.45, 2.75) is 31.3 Å². The van der Waals surface area contributed by atoms with E-state index in [0.29, 0.717) is 0 Å². The Labute approximate surface area is 84.6 Å². The van der Waals surface area contributed by atoms with E-state index in [1.54, 1.807) is 11.3 Å². The van der Waals surface area contributed by atoms with Crippen LogP contribution in [0.1, 0.15) is 24.1 Å². The molecule has 0 amide bonds. The highest BCUT2D eigenvalue weighted by atomic mass is 79.9. The average molecular weight is 247 g/mol. The Balaban J connectivity index is 2.08. The zero-order chi connectivity index (χ0) is 8.60. The molecule has 1 heterocycles. The zero-order valence-electron chi connectivity index (χ0n) is 6.72. The second-order valence-corrected chi connectivity index (χ2v) is 5.30. The summed E-state index contributed by atoms with van der Waals surface area (Å²) in [7, 11) is 0. The second-order valence-electron chi connectivity index (χ2n) is 3.45. The van der Waals surface area contributed by atoms with E-state index in [2.05, 4.69) is 21.3 Å². The molecule has 1 N–H and O–H groups in total. The van der Waals surface area contributed by atoms with E-state index in [4.69, 9.17) is 0 Å². The molecule has 12 heavy (non-hydrogen) atoms. The van der Waals surface area contributed by atoms with Crippen LogP contribution in [0.2, 0.25) is 0 Å². The van der Waals surface area contributed by atoms with E-state index in [9.17, 15) is 5.11 Å². The second kappa shape index (κ2) is 3.13. The maximum atomic E-state index is 9.89. The normalized spacial score (nSPS) is 20.5. The molecular weight excluding hydrogens is 236 g/mol. The van der Waals surface area contributed by atoms with Crippen LogP contribution < -0.4 is 0 Å². The summed E-state index contributed by atoms with van der Waals surface area (Å²) >= 11 is 5.19. The van der Waals surface area contributed by atoms with Crippen molar-refractivity contribution in [3.05, 3.63) is 20.8 Å². The van der Waals surface area contributed by atoms with Gasteiger partial charge in [0.25, 0.3) is 0 Å². The first-order valence-corrected chi connectivity index (χ1v) is 5.81. The van der Waals surface area contributed by atoms with E-state index in [1.165, 1.54) is 11.3 Å². The lowest BCUT2D eigenvalue weighted by molar-refractivity contribution is -0.0317. The van der Waals surface area contributed by atoms with Gasteiger partial charge in [-0.1, -0.05) is 0 Å². The molecular formula is C9H11BrOS. The van der Waals surface area contributed by atoms with Gasteiger partial charge in [0.15, 0.2) is 0 Å². The first kappa shape index (κ1) is 8.73. The molecule has 0 atom stereocenters. The van der Waals surface area contributed by atoms with Crippen molar-refractivity contribution in [2.75, 3.05) is 0 Å². The topological polar surface area (TPSA) is 20.2 Å². The molecule has 1 aromatic heterocycles. The molecule has 0 radical (unpaired) electrons. The molecule has 0 aromatic carbocycles. The fourth-order valence-electron chi connectivity index (χ4n) is 1.51. The van der Waals surface area contributed by atoms with Crippen molar-refractivity contribution in [1.29, 1.82) is 0 Å². The summed E-state index contributed by atoms with van der Waals surface area (Å²) in [6.45, 7) is 0. The minimum absolute atomic E-state index is 0.382. The first-order chi connectivity index (χ1) is 5.70. The molecule has 1 nitrogen and oxygen atoms in total. The Morgan fingerprint density at radius 1 is 1.58 bits per heavy atom. The summed E-state index contributed by atoms with van der Waals surface area (Å²) in [5.41, 5.74) is -0.382. The molecule has 1 aliphatic rings. The molecule has 2 rings (SSSR count). The van der Waals surface area contributed by atoms with E-state index in [1.807, 2.05) is 6.07 Å². The summed E-state index contributed by atoms with van der Waals surface area (Å²) in [6.07, 6.45) is 3.94. The van der Waals surface area contributed by atoms with Gasteiger partial charge in [0.1, 0.15) is 0 Å². The van der Waals surface area contributed by atoms with Gasteiger partial charge in [-0.3, -0.25) is 0 Å². The number of rotatable bonds is 2. The minimum Gasteiger partial charge on any atom is -0.390 e. The lowest BCUT2D eigenvalue weighted by Crippen LogP contribution is -2.38.